The molecule has 0 unspecified atom stereocenters. The molecule has 0 amide bonds. The summed E-state index contributed by atoms with van der Waals surface area (Å²) in [6, 6.07) is 2.08. The average Bonchev–Trinajstić information content (AvgIpc) is 2.65. The highest BCUT2D eigenvalue weighted by molar-refractivity contribution is 5.61. The number of anilines is 1. The fourth-order valence-corrected chi connectivity index (χ4v) is 2.74. The van der Waals surface area contributed by atoms with Crippen LogP contribution in [0.25, 0.3) is 0 Å². The molecule has 2 aliphatic heterocycles. The molecule has 2 N–H and O–H groups in total. The summed E-state index contributed by atoms with van der Waals surface area (Å²) in [7, 11) is 0. The zero-order valence-electron chi connectivity index (χ0n) is 15.1. The summed E-state index contributed by atoms with van der Waals surface area (Å²) in [5.41, 5.74) is 6.28. The molecule has 0 atom stereocenters. The standard InChI is InChI=1S/C9H12N2.C8H10N2O.C2H6/c1-7-2-5-11-9-3-4-10-6-8(7)9;1-6-4-9-5-7-8(6)10-2-3-11-7;1-2/h2,5,10H,3-4,6H2,1H3;4-5,10H,2-3H2,1H3;1-2H3. The molecule has 0 aliphatic carbocycles. The third-order valence-corrected chi connectivity index (χ3v) is 3.98. The smallest absolute Gasteiger partial charge is 0.161 e. The van der Waals surface area contributed by atoms with Gasteiger partial charge in [-0.15, -0.1) is 0 Å². The van der Waals surface area contributed by atoms with Crippen LogP contribution in [-0.4, -0.2) is 29.7 Å². The number of ether oxygens (including phenoxy) is 1. The van der Waals surface area contributed by atoms with Gasteiger partial charge < -0.3 is 15.4 Å². The average molecular weight is 328 g/mol. The van der Waals surface area contributed by atoms with Crippen molar-refractivity contribution in [3.05, 3.63) is 47.0 Å². The molecule has 0 radical (unpaired) electrons. The summed E-state index contributed by atoms with van der Waals surface area (Å²) in [6.45, 7) is 11.9. The quantitative estimate of drug-likeness (QED) is 0.777. The summed E-state index contributed by atoms with van der Waals surface area (Å²) in [5, 5.41) is 6.61. The predicted octanol–water partition coefficient (Wildman–Crippen LogP) is 3.26. The highest BCUT2D eigenvalue weighted by Crippen LogP contribution is 2.28. The van der Waals surface area contributed by atoms with Crippen molar-refractivity contribution in [1.82, 2.24) is 15.3 Å². The molecule has 0 bridgehead atoms. The molecule has 4 rings (SSSR count). The van der Waals surface area contributed by atoms with Crippen molar-refractivity contribution in [3.63, 3.8) is 0 Å². The molecule has 5 heteroatoms. The fraction of sp³-hybridized carbons (Fsp3) is 0.474. The molecular weight excluding hydrogens is 300 g/mol. The number of aryl methyl sites for hydroxylation is 2. The first-order valence-electron chi connectivity index (χ1n) is 8.71. The first kappa shape index (κ1) is 18.2. The van der Waals surface area contributed by atoms with Crippen LogP contribution in [0.3, 0.4) is 0 Å². The van der Waals surface area contributed by atoms with E-state index < -0.39 is 0 Å². The number of nitrogens with one attached hydrogen (secondary N) is 2. The van der Waals surface area contributed by atoms with E-state index in [1.54, 1.807) is 6.20 Å². The number of nitrogens with zero attached hydrogens (tertiary/aromatic N) is 2. The molecule has 0 saturated carbocycles. The van der Waals surface area contributed by atoms with E-state index in [4.69, 9.17) is 4.74 Å². The van der Waals surface area contributed by atoms with Gasteiger partial charge in [-0.3, -0.25) is 9.97 Å². The van der Waals surface area contributed by atoms with Gasteiger partial charge in [0.05, 0.1) is 11.9 Å². The minimum absolute atomic E-state index is 0.734. The van der Waals surface area contributed by atoms with Crippen molar-refractivity contribution in [2.24, 2.45) is 0 Å². The molecular formula is C19H28N4O. The van der Waals surface area contributed by atoms with E-state index in [1.807, 2.05) is 33.2 Å². The largest absolute Gasteiger partial charge is 0.488 e. The van der Waals surface area contributed by atoms with Gasteiger partial charge >= 0.3 is 0 Å². The van der Waals surface area contributed by atoms with Crippen LogP contribution < -0.4 is 15.4 Å². The number of hydrogen-bond acceptors (Lipinski definition) is 5. The first-order chi connectivity index (χ1) is 11.8. The van der Waals surface area contributed by atoms with E-state index >= 15 is 0 Å². The summed E-state index contributed by atoms with van der Waals surface area (Å²) in [5.74, 6) is 0.872. The van der Waals surface area contributed by atoms with Crippen molar-refractivity contribution in [1.29, 1.82) is 0 Å². The molecule has 5 nitrogen and oxygen atoms in total. The third-order valence-electron chi connectivity index (χ3n) is 3.98. The lowest BCUT2D eigenvalue weighted by atomic mass is 10.0. The Morgan fingerprint density at radius 1 is 1.08 bits per heavy atom. The van der Waals surface area contributed by atoms with Crippen LogP contribution in [0.15, 0.2) is 24.7 Å². The van der Waals surface area contributed by atoms with Crippen LogP contribution in [0.1, 0.15) is 36.2 Å². The monoisotopic (exact) mass is 328 g/mol. The number of pyridine rings is 2. The SMILES string of the molecule is CC.Cc1ccnc2c1CNCC2.Cc1cncc2c1NCCO2. The maximum atomic E-state index is 5.38. The Morgan fingerprint density at radius 3 is 2.67 bits per heavy atom. The lowest BCUT2D eigenvalue weighted by Gasteiger charge is -2.19. The highest BCUT2D eigenvalue weighted by atomic mass is 16.5. The maximum absolute atomic E-state index is 5.38. The van der Waals surface area contributed by atoms with Crippen LogP contribution in [-0.2, 0) is 13.0 Å². The van der Waals surface area contributed by atoms with Gasteiger partial charge in [0, 0.05) is 44.1 Å². The summed E-state index contributed by atoms with van der Waals surface area (Å²) < 4.78 is 5.38. The van der Waals surface area contributed by atoms with Gasteiger partial charge in [0.2, 0.25) is 0 Å². The molecule has 4 heterocycles. The topological polar surface area (TPSA) is 59.1 Å². The van der Waals surface area contributed by atoms with Crippen molar-refractivity contribution >= 4 is 5.69 Å². The Morgan fingerprint density at radius 2 is 1.92 bits per heavy atom. The molecule has 2 aromatic heterocycles. The highest BCUT2D eigenvalue weighted by Gasteiger charge is 2.11. The van der Waals surface area contributed by atoms with Crippen LogP contribution >= 0.6 is 0 Å². The molecule has 24 heavy (non-hydrogen) atoms. The van der Waals surface area contributed by atoms with Crippen LogP contribution in [0.4, 0.5) is 5.69 Å². The van der Waals surface area contributed by atoms with Gasteiger partial charge in [0.1, 0.15) is 6.61 Å². The van der Waals surface area contributed by atoms with Crippen molar-refractivity contribution in [2.75, 3.05) is 25.0 Å². The van der Waals surface area contributed by atoms with Gasteiger partial charge in [-0.2, -0.15) is 0 Å². The fourth-order valence-electron chi connectivity index (χ4n) is 2.74. The van der Waals surface area contributed by atoms with Crippen LogP contribution in [0, 0.1) is 13.8 Å². The molecule has 130 valence electrons. The molecule has 0 spiro atoms. The Bertz CT molecular complexity index is 600. The first-order valence-corrected chi connectivity index (χ1v) is 8.71. The van der Waals surface area contributed by atoms with Crippen molar-refractivity contribution < 1.29 is 4.74 Å². The number of fused-ring (bicyclic) bond motifs is 2. The van der Waals surface area contributed by atoms with Crippen LogP contribution in [0.2, 0.25) is 0 Å². The Kier molecular flexibility index (Phi) is 7.00. The van der Waals surface area contributed by atoms with Crippen LogP contribution in [0.5, 0.6) is 5.75 Å². The van der Waals surface area contributed by atoms with Gasteiger partial charge in [0.25, 0.3) is 0 Å². The maximum Gasteiger partial charge on any atom is 0.161 e. The van der Waals surface area contributed by atoms with E-state index in [-0.39, 0.29) is 0 Å². The van der Waals surface area contributed by atoms with E-state index in [1.165, 1.54) is 16.8 Å². The number of aromatic nitrogens is 2. The summed E-state index contributed by atoms with van der Waals surface area (Å²) >= 11 is 0. The minimum atomic E-state index is 0.734. The number of hydrogen-bond donors (Lipinski definition) is 2. The van der Waals surface area contributed by atoms with Crippen molar-refractivity contribution in [2.45, 2.75) is 40.7 Å². The van der Waals surface area contributed by atoms with E-state index in [0.29, 0.717) is 0 Å². The minimum Gasteiger partial charge on any atom is -0.488 e. The molecule has 0 aromatic carbocycles. The van der Waals surface area contributed by atoms with Gasteiger partial charge in [-0.05, 0) is 36.6 Å². The van der Waals surface area contributed by atoms with E-state index in [0.717, 1.165) is 49.7 Å². The normalized spacial score (nSPS) is 14.3. The van der Waals surface area contributed by atoms with Crippen molar-refractivity contribution in [3.8, 4) is 5.75 Å². The second-order valence-corrected chi connectivity index (χ2v) is 5.58. The Labute approximate surface area is 144 Å². The predicted molar refractivity (Wildman–Crippen MR) is 98.7 cm³/mol. The number of rotatable bonds is 0. The molecule has 0 fully saturated rings. The summed E-state index contributed by atoms with van der Waals surface area (Å²) in [4.78, 5) is 8.37. The zero-order valence-corrected chi connectivity index (χ0v) is 15.1. The Hall–Kier alpha value is -2.14. The van der Waals surface area contributed by atoms with E-state index in [9.17, 15) is 0 Å². The second-order valence-electron chi connectivity index (χ2n) is 5.58. The lowest BCUT2D eigenvalue weighted by molar-refractivity contribution is 0.321. The van der Waals surface area contributed by atoms with E-state index in [2.05, 4.69) is 33.6 Å². The lowest BCUT2D eigenvalue weighted by Crippen LogP contribution is -2.25. The van der Waals surface area contributed by atoms with Gasteiger partial charge in [0.15, 0.2) is 5.75 Å². The molecule has 2 aromatic rings. The molecule has 2 aliphatic rings. The van der Waals surface area contributed by atoms with Gasteiger partial charge in [-0.1, -0.05) is 13.8 Å². The molecule has 0 saturated heterocycles. The Balaban J connectivity index is 0.000000158. The zero-order chi connectivity index (χ0) is 17.4. The summed E-state index contributed by atoms with van der Waals surface area (Å²) in [6.07, 6.45) is 6.56. The third kappa shape index (κ3) is 4.45. The van der Waals surface area contributed by atoms with Gasteiger partial charge in [-0.25, -0.2) is 0 Å². The second kappa shape index (κ2) is 9.23.